The molecule has 0 aromatic heterocycles. The topological polar surface area (TPSA) is 62.2 Å². The molecule has 2 saturated heterocycles. The minimum atomic E-state index is -0.455. The molecule has 6 atom stereocenters. The fraction of sp³-hybridized carbons (Fsp3) is 0.867. The van der Waals surface area contributed by atoms with Crippen molar-refractivity contribution in [1.82, 2.24) is 0 Å². The molecule has 2 N–H and O–H groups in total. The molecule has 3 fully saturated rings. The first-order valence-corrected chi connectivity index (χ1v) is 7.26. The van der Waals surface area contributed by atoms with Crippen LogP contribution in [0.1, 0.15) is 33.1 Å². The summed E-state index contributed by atoms with van der Waals surface area (Å²) >= 11 is 0. The largest absolute Gasteiger partial charge is 0.396 e. The molecule has 1 unspecified atom stereocenters. The molecule has 4 heteroatoms. The summed E-state index contributed by atoms with van der Waals surface area (Å²) in [7, 11) is 0. The van der Waals surface area contributed by atoms with E-state index < -0.39 is 16.9 Å². The highest BCUT2D eigenvalue weighted by Gasteiger charge is 2.81. The number of hydrogen-bond acceptors (Lipinski definition) is 4. The number of allylic oxidation sites excluding steroid dienone is 1. The number of rotatable bonds is 1. The molecular formula is C15H22O4. The average Bonchev–Trinajstić information content (AvgIpc) is 3.15. The summed E-state index contributed by atoms with van der Waals surface area (Å²) in [6.07, 6.45) is 4.03. The van der Waals surface area contributed by atoms with Crippen molar-refractivity contribution in [1.29, 1.82) is 0 Å². The van der Waals surface area contributed by atoms with E-state index >= 15 is 0 Å². The van der Waals surface area contributed by atoms with Crippen LogP contribution in [0.5, 0.6) is 0 Å². The lowest BCUT2D eigenvalue weighted by molar-refractivity contribution is -0.225. The van der Waals surface area contributed by atoms with E-state index in [2.05, 4.69) is 19.9 Å². The van der Waals surface area contributed by atoms with Gasteiger partial charge in [-0.1, -0.05) is 18.6 Å². The van der Waals surface area contributed by atoms with Crippen molar-refractivity contribution in [2.45, 2.75) is 57.0 Å². The molecule has 2 aliphatic carbocycles. The number of fused-ring (bicyclic) bond motifs is 2. The van der Waals surface area contributed by atoms with Gasteiger partial charge in [0.1, 0.15) is 5.60 Å². The minimum Gasteiger partial charge on any atom is -0.396 e. The van der Waals surface area contributed by atoms with Crippen molar-refractivity contribution in [3.05, 3.63) is 11.6 Å². The zero-order valence-corrected chi connectivity index (χ0v) is 11.6. The smallest absolute Gasteiger partial charge is 0.126 e. The van der Waals surface area contributed by atoms with Gasteiger partial charge >= 0.3 is 0 Å². The Morgan fingerprint density at radius 2 is 2.21 bits per heavy atom. The van der Waals surface area contributed by atoms with E-state index in [1.165, 1.54) is 5.57 Å². The lowest BCUT2D eigenvalue weighted by atomic mass is 9.51. The van der Waals surface area contributed by atoms with Crippen LogP contribution in [0.4, 0.5) is 0 Å². The van der Waals surface area contributed by atoms with Gasteiger partial charge in [0.2, 0.25) is 0 Å². The van der Waals surface area contributed by atoms with E-state index in [1.54, 1.807) is 0 Å². The van der Waals surface area contributed by atoms with E-state index in [1.807, 2.05) is 0 Å². The molecule has 4 nitrogen and oxygen atoms in total. The van der Waals surface area contributed by atoms with Crippen molar-refractivity contribution < 1.29 is 19.7 Å². The van der Waals surface area contributed by atoms with E-state index in [0.29, 0.717) is 13.0 Å². The molecule has 1 spiro atoms. The zero-order chi connectivity index (χ0) is 13.5. The van der Waals surface area contributed by atoms with Gasteiger partial charge in [0.15, 0.2) is 0 Å². The molecule has 2 heterocycles. The summed E-state index contributed by atoms with van der Waals surface area (Å²) < 4.78 is 12.0. The van der Waals surface area contributed by atoms with Crippen LogP contribution in [-0.2, 0) is 9.47 Å². The molecule has 4 rings (SSSR count). The summed E-state index contributed by atoms with van der Waals surface area (Å²) in [5, 5.41) is 20.8. The van der Waals surface area contributed by atoms with Crippen molar-refractivity contribution in [2.75, 3.05) is 13.2 Å². The fourth-order valence-electron chi connectivity index (χ4n) is 5.03. The maximum atomic E-state index is 10.6. The average molecular weight is 266 g/mol. The van der Waals surface area contributed by atoms with Gasteiger partial charge in [-0.2, -0.15) is 0 Å². The molecule has 0 amide bonds. The van der Waals surface area contributed by atoms with E-state index in [4.69, 9.17) is 9.47 Å². The number of ether oxygens (including phenoxy) is 2. The normalized spacial score (nSPS) is 58.9. The Morgan fingerprint density at radius 1 is 1.47 bits per heavy atom. The second-order valence-corrected chi connectivity index (χ2v) is 7.00. The third-order valence-electron chi connectivity index (χ3n) is 6.53. The van der Waals surface area contributed by atoms with Crippen LogP contribution in [0.3, 0.4) is 0 Å². The highest BCUT2D eigenvalue weighted by Crippen LogP contribution is 2.71. The predicted molar refractivity (Wildman–Crippen MR) is 68.6 cm³/mol. The SMILES string of the molecule is CC1=C[C@H]2O[C@@H]3CC(O)[C@](C)([C@@]2(CO)CC1)[C@]31CO1. The number of epoxide rings is 1. The predicted octanol–water partition coefficient (Wildman–Crippen LogP) is 1.01. The summed E-state index contributed by atoms with van der Waals surface area (Å²) in [6.45, 7) is 4.92. The Balaban J connectivity index is 1.89. The Morgan fingerprint density at radius 3 is 2.84 bits per heavy atom. The third kappa shape index (κ3) is 1.13. The quantitative estimate of drug-likeness (QED) is 0.549. The standard InChI is InChI=1S/C15H22O4/c1-9-3-4-14(7-16)11(5-9)19-12-6-10(17)13(14,2)15(12)8-18-15/h5,10-12,16-17H,3-4,6-8H2,1-2H3/t10?,11-,12-,13-,14-,15+/m1/s1. The molecule has 2 aliphatic heterocycles. The van der Waals surface area contributed by atoms with E-state index in [9.17, 15) is 10.2 Å². The van der Waals surface area contributed by atoms with Crippen LogP contribution in [0.15, 0.2) is 11.6 Å². The summed E-state index contributed by atoms with van der Waals surface area (Å²) in [6, 6.07) is 0. The van der Waals surface area contributed by atoms with Crippen LogP contribution in [0.25, 0.3) is 0 Å². The first-order valence-electron chi connectivity index (χ1n) is 7.26. The molecule has 2 bridgehead atoms. The molecule has 4 aliphatic rings. The van der Waals surface area contributed by atoms with Gasteiger partial charge in [-0.05, 0) is 19.8 Å². The highest BCUT2D eigenvalue weighted by atomic mass is 16.6. The number of aliphatic hydroxyl groups excluding tert-OH is 2. The Kier molecular flexibility index (Phi) is 2.22. The molecule has 1 saturated carbocycles. The lowest BCUT2D eigenvalue weighted by Gasteiger charge is -2.58. The highest BCUT2D eigenvalue weighted by molar-refractivity contribution is 5.32. The zero-order valence-electron chi connectivity index (χ0n) is 11.6. The second-order valence-electron chi connectivity index (χ2n) is 7.00. The van der Waals surface area contributed by atoms with Gasteiger partial charge in [0.25, 0.3) is 0 Å². The Bertz CT molecular complexity index is 455. The number of hydrogen-bond donors (Lipinski definition) is 2. The van der Waals surface area contributed by atoms with Crippen LogP contribution in [0, 0.1) is 10.8 Å². The van der Waals surface area contributed by atoms with Crippen LogP contribution in [-0.4, -0.2) is 47.3 Å². The molecule has 106 valence electrons. The Hall–Kier alpha value is -0.420. The van der Waals surface area contributed by atoms with Gasteiger partial charge in [-0.3, -0.25) is 0 Å². The monoisotopic (exact) mass is 266 g/mol. The molecule has 0 radical (unpaired) electrons. The molecule has 0 aromatic carbocycles. The van der Waals surface area contributed by atoms with Crippen LogP contribution >= 0.6 is 0 Å². The third-order valence-corrected chi connectivity index (χ3v) is 6.53. The number of aliphatic hydroxyl groups is 2. The molecule has 0 aromatic rings. The second kappa shape index (κ2) is 3.42. The fourth-order valence-corrected chi connectivity index (χ4v) is 5.03. The maximum absolute atomic E-state index is 10.6. The first-order chi connectivity index (χ1) is 9.00. The van der Waals surface area contributed by atoms with Gasteiger partial charge in [0, 0.05) is 17.3 Å². The lowest BCUT2D eigenvalue weighted by Crippen LogP contribution is -2.66. The van der Waals surface area contributed by atoms with Gasteiger partial charge in [0.05, 0.1) is 31.5 Å². The van der Waals surface area contributed by atoms with E-state index in [-0.39, 0.29) is 24.4 Å². The first kappa shape index (κ1) is 12.3. The summed E-state index contributed by atoms with van der Waals surface area (Å²) in [4.78, 5) is 0. The van der Waals surface area contributed by atoms with Gasteiger partial charge in [-0.25, -0.2) is 0 Å². The Labute approximate surface area is 113 Å². The summed E-state index contributed by atoms with van der Waals surface area (Å²) in [5.74, 6) is 0. The van der Waals surface area contributed by atoms with Crippen molar-refractivity contribution in [2.24, 2.45) is 10.8 Å². The maximum Gasteiger partial charge on any atom is 0.126 e. The molecular weight excluding hydrogens is 244 g/mol. The van der Waals surface area contributed by atoms with Gasteiger partial charge in [-0.15, -0.1) is 0 Å². The van der Waals surface area contributed by atoms with Crippen molar-refractivity contribution in [3.8, 4) is 0 Å². The van der Waals surface area contributed by atoms with Crippen LogP contribution < -0.4 is 0 Å². The van der Waals surface area contributed by atoms with Crippen molar-refractivity contribution in [3.63, 3.8) is 0 Å². The summed E-state index contributed by atoms with van der Waals surface area (Å²) in [5.41, 5.74) is 0.152. The van der Waals surface area contributed by atoms with Crippen molar-refractivity contribution >= 4 is 0 Å². The molecule has 19 heavy (non-hydrogen) atoms. The van der Waals surface area contributed by atoms with Gasteiger partial charge < -0.3 is 19.7 Å². The minimum absolute atomic E-state index is 0.0284. The van der Waals surface area contributed by atoms with Crippen LogP contribution in [0.2, 0.25) is 0 Å². The van der Waals surface area contributed by atoms with E-state index in [0.717, 1.165) is 12.8 Å².